The van der Waals surface area contributed by atoms with Crippen molar-refractivity contribution in [1.29, 1.82) is 0 Å². The molecule has 1 unspecified atom stereocenters. The predicted octanol–water partition coefficient (Wildman–Crippen LogP) is -4.01. The maximum atomic E-state index is 10.8. The van der Waals surface area contributed by atoms with E-state index in [4.69, 9.17) is 9.66 Å². The molecule has 0 bridgehead atoms. The van der Waals surface area contributed by atoms with Gasteiger partial charge in [0.15, 0.2) is 6.10 Å². The average molecular weight is 260 g/mol. The first kappa shape index (κ1) is 13.7. The van der Waals surface area contributed by atoms with Crippen molar-refractivity contribution in [1.82, 2.24) is 0 Å². The molecular weight excluding hydrogens is 248 g/mol. The molecule has 9 nitrogen and oxygen atoms in total. The normalized spacial score (nSPS) is 45.6. The smallest absolute Gasteiger partial charge is 0.327 e. The summed E-state index contributed by atoms with van der Waals surface area (Å²) in [4.78, 5) is 0. The van der Waals surface area contributed by atoms with Crippen LogP contribution in [0.2, 0.25) is 0 Å². The molecule has 0 spiro atoms. The van der Waals surface area contributed by atoms with E-state index in [0.717, 1.165) is 0 Å². The summed E-state index contributed by atoms with van der Waals surface area (Å²) in [5.41, 5.74) is 0. The standard InChI is InChI=1S/C6H12O9S/c7-1-2-3(8)4(9)5(10)6(11,15-2)16(12,13)14/h2-5,7-11H,1H2,(H,12,13,14)/t2-,3+,4+,5-,6?/m1/s1. The number of hydrogen-bond donors (Lipinski definition) is 6. The van der Waals surface area contributed by atoms with Crippen molar-refractivity contribution >= 4 is 10.1 Å². The maximum Gasteiger partial charge on any atom is 0.327 e. The predicted molar refractivity (Wildman–Crippen MR) is 46.5 cm³/mol. The topological polar surface area (TPSA) is 165 Å². The minimum Gasteiger partial charge on any atom is -0.394 e. The summed E-state index contributed by atoms with van der Waals surface area (Å²) in [6.07, 6.45) is -8.04. The fraction of sp³-hybridized carbons (Fsp3) is 1.00. The molecule has 0 aromatic carbocycles. The molecule has 0 aromatic heterocycles. The number of rotatable bonds is 2. The second kappa shape index (κ2) is 4.16. The molecule has 1 saturated heterocycles. The maximum absolute atomic E-state index is 10.8. The van der Waals surface area contributed by atoms with Crippen LogP contribution in [0.1, 0.15) is 0 Å². The Balaban J connectivity index is 3.14. The van der Waals surface area contributed by atoms with Crippen LogP contribution in [0.25, 0.3) is 0 Å². The van der Waals surface area contributed by atoms with E-state index >= 15 is 0 Å². The molecule has 5 atom stereocenters. The van der Waals surface area contributed by atoms with E-state index in [2.05, 4.69) is 4.74 Å². The second-order valence-electron chi connectivity index (χ2n) is 3.37. The number of hydrogen-bond acceptors (Lipinski definition) is 8. The van der Waals surface area contributed by atoms with Gasteiger partial charge in [0.05, 0.1) is 6.61 Å². The Labute approximate surface area is 90.3 Å². The Kier molecular flexibility index (Phi) is 3.57. The molecule has 6 N–H and O–H groups in total. The fourth-order valence-corrected chi connectivity index (χ4v) is 2.03. The van der Waals surface area contributed by atoms with Crippen LogP contribution >= 0.6 is 0 Å². The zero-order valence-corrected chi connectivity index (χ0v) is 8.65. The highest BCUT2D eigenvalue weighted by molar-refractivity contribution is 7.86. The van der Waals surface area contributed by atoms with E-state index in [9.17, 15) is 28.8 Å². The highest BCUT2D eigenvalue weighted by Crippen LogP contribution is 2.31. The third-order valence-electron chi connectivity index (χ3n) is 2.30. The van der Waals surface area contributed by atoms with Gasteiger partial charge in [-0.15, -0.1) is 0 Å². The van der Waals surface area contributed by atoms with E-state index in [1.54, 1.807) is 0 Å². The SMILES string of the molecule is O=S(=O)(O)C1(O)O[C@H](CO)[C@H](O)[C@H](O)[C@H]1O. The molecule has 10 heteroatoms. The summed E-state index contributed by atoms with van der Waals surface area (Å²) in [7, 11) is -5.27. The molecule has 16 heavy (non-hydrogen) atoms. The number of aliphatic hydroxyl groups is 5. The van der Waals surface area contributed by atoms with Crippen LogP contribution in [-0.4, -0.2) is 74.6 Å². The zero-order chi connectivity index (χ0) is 12.7. The van der Waals surface area contributed by atoms with Crippen molar-refractivity contribution < 1.29 is 43.2 Å². The molecule has 96 valence electrons. The first-order valence-corrected chi connectivity index (χ1v) is 5.61. The average Bonchev–Trinajstić information content (AvgIpc) is 2.19. The molecule has 0 aliphatic carbocycles. The van der Waals surface area contributed by atoms with Gasteiger partial charge in [0.1, 0.15) is 18.3 Å². The lowest BCUT2D eigenvalue weighted by Gasteiger charge is -2.42. The molecule has 0 amide bonds. The first-order valence-electron chi connectivity index (χ1n) is 4.17. The summed E-state index contributed by atoms with van der Waals surface area (Å²) in [5.74, 6) is 0. The summed E-state index contributed by atoms with van der Waals surface area (Å²) in [6, 6.07) is 0. The number of aliphatic hydroxyl groups excluding tert-OH is 4. The van der Waals surface area contributed by atoms with E-state index < -0.39 is 46.3 Å². The molecule has 0 saturated carbocycles. The molecule has 0 aromatic rings. The molecule has 1 aliphatic rings. The van der Waals surface area contributed by atoms with Crippen LogP contribution in [0.5, 0.6) is 0 Å². The molecule has 1 rings (SSSR count). The van der Waals surface area contributed by atoms with Crippen molar-refractivity contribution in [2.24, 2.45) is 0 Å². The lowest BCUT2D eigenvalue weighted by atomic mass is 9.99. The zero-order valence-electron chi connectivity index (χ0n) is 7.83. The van der Waals surface area contributed by atoms with Gasteiger partial charge in [0, 0.05) is 0 Å². The highest BCUT2D eigenvalue weighted by atomic mass is 32.2. The lowest BCUT2D eigenvalue weighted by Crippen LogP contribution is -2.67. The van der Waals surface area contributed by atoms with Crippen LogP contribution in [-0.2, 0) is 14.9 Å². The molecule has 1 fully saturated rings. The fourth-order valence-electron chi connectivity index (χ4n) is 1.34. The highest BCUT2D eigenvalue weighted by Gasteiger charge is 2.60. The van der Waals surface area contributed by atoms with Gasteiger partial charge < -0.3 is 30.3 Å². The van der Waals surface area contributed by atoms with Crippen molar-refractivity contribution in [3.8, 4) is 0 Å². The van der Waals surface area contributed by atoms with Crippen molar-refractivity contribution in [3.05, 3.63) is 0 Å². The van der Waals surface area contributed by atoms with Crippen molar-refractivity contribution in [2.45, 2.75) is 29.5 Å². The third-order valence-corrected chi connectivity index (χ3v) is 3.37. The van der Waals surface area contributed by atoms with Crippen molar-refractivity contribution in [2.75, 3.05) is 6.61 Å². The quantitative estimate of drug-likeness (QED) is 0.271. The minimum absolute atomic E-state index is 0.928. The minimum atomic E-state index is -5.27. The Bertz CT molecular complexity index is 351. The molecule has 1 aliphatic heterocycles. The van der Waals surface area contributed by atoms with E-state index in [1.165, 1.54) is 0 Å². The molecule has 1 heterocycles. The van der Waals surface area contributed by atoms with Crippen LogP contribution < -0.4 is 0 Å². The summed E-state index contributed by atoms with van der Waals surface area (Å²) in [5, 5.41) is 42.2. The van der Waals surface area contributed by atoms with E-state index in [1.807, 2.05) is 0 Å². The monoisotopic (exact) mass is 260 g/mol. The van der Waals surface area contributed by atoms with Gasteiger partial charge in [0.25, 0.3) is 0 Å². The Morgan fingerprint density at radius 2 is 1.69 bits per heavy atom. The Morgan fingerprint density at radius 3 is 2.06 bits per heavy atom. The van der Waals surface area contributed by atoms with Gasteiger partial charge in [-0.2, -0.15) is 8.42 Å². The van der Waals surface area contributed by atoms with E-state index in [0.29, 0.717) is 0 Å². The van der Waals surface area contributed by atoms with Crippen LogP contribution in [0.15, 0.2) is 0 Å². The van der Waals surface area contributed by atoms with Crippen LogP contribution in [0.3, 0.4) is 0 Å². The van der Waals surface area contributed by atoms with Gasteiger partial charge in [-0.05, 0) is 0 Å². The van der Waals surface area contributed by atoms with Crippen LogP contribution in [0, 0.1) is 0 Å². The summed E-state index contributed by atoms with van der Waals surface area (Å²) >= 11 is 0. The number of ether oxygens (including phenoxy) is 1. The molecular formula is C6H12O9S. The van der Waals surface area contributed by atoms with Gasteiger partial charge in [-0.3, -0.25) is 4.55 Å². The van der Waals surface area contributed by atoms with E-state index in [-0.39, 0.29) is 0 Å². The Hall–Kier alpha value is -0.330. The first-order chi connectivity index (χ1) is 7.15. The third kappa shape index (κ3) is 1.94. The van der Waals surface area contributed by atoms with Crippen LogP contribution in [0.4, 0.5) is 0 Å². The second-order valence-corrected chi connectivity index (χ2v) is 4.91. The summed E-state index contributed by atoms with van der Waals surface area (Å²) < 4.78 is 34.5. The molecule has 0 radical (unpaired) electrons. The largest absolute Gasteiger partial charge is 0.394 e. The lowest BCUT2D eigenvalue weighted by molar-refractivity contribution is -0.311. The Morgan fingerprint density at radius 1 is 1.19 bits per heavy atom. The van der Waals surface area contributed by atoms with Gasteiger partial charge in [0.2, 0.25) is 0 Å². The van der Waals surface area contributed by atoms with Gasteiger partial charge >= 0.3 is 15.2 Å². The summed E-state index contributed by atoms with van der Waals surface area (Å²) in [6.45, 7) is -0.928. The van der Waals surface area contributed by atoms with Gasteiger partial charge in [-0.1, -0.05) is 0 Å². The van der Waals surface area contributed by atoms with Crippen molar-refractivity contribution in [3.63, 3.8) is 0 Å². The van der Waals surface area contributed by atoms with Gasteiger partial charge in [-0.25, -0.2) is 0 Å².